The summed E-state index contributed by atoms with van der Waals surface area (Å²) in [5, 5.41) is 0. The van der Waals surface area contributed by atoms with Crippen molar-refractivity contribution < 1.29 is 22.1 Å². The number of para-hydroxylation sites is 1. The Bertz CT molecular complexity index is 766. The van der Waals surface area contributed by atoms with Crippen molar-refractivity contribution in [1.29, 1.82) is 0 Å². The molecule has 2 aromatic rings. The molecular formula is C18H20O5S. The molecule has 0 heterocycles. The zero-order chi connectivity index (χ0) is 17.4. The van der Waals surface area contributed by atoms with E-state index < -0.39 is 10.1 Å². The fourth-order valence-corrected chi connectivity index (χ4v) is 2.99. The first kappa shape index (κ1) is 18.0. The summed E-state index contributed by atoms with van der Waals surface area (Å²) in [6, 6.07) is 13.1. The molecule has 0 aliphatic carbocycles. The van der Waals surface area contributed by atoms with Gasteiger partial charge in [-0.2, -0.15) is 8.42 Å². The number of allylic oxidation sites excluding steroid dienone is 1. The molecule has 128 valence electrons. The second kappa shape index (κ2) is 8.52. The van der Waals surface area contributed by atoms with Crippen LogP contribution in [0.1, 0.15) is 5.56 Å². The average Bonchev–Trinajstić information content (AvgIpc) is 2.57. The van der Waals surface area contributed by atoms with Gasteiger partial charge in [-0.25, -0.2) is 0 Å². The van der Waals surface area contributed by atoms with Crippen LogP contribution in [0.3, 0.4) is 0 Å². The molecule has 0 radical (unpaired) electrons. The Balaban J connectivity index is 2.14. The Morgan fingerprint density at radius 2 is 1.75 bits per heavy atom. The Morgan fingerprint density at radius 3 is 2.42 bits per heavy atom. The standard InChI is InChI=1S/C18H20O5S/c1-3-6-15-7-4-5-8-18(15)23-24(19,20)17-11-9-16(10-12-17)22-14-13-21-2/h3-5,7-12H,1,6,13-14H2,2H3. The number of hydrogen-bond acceptors (Lipinski definition) is 5. The van der Waals surface area contributed by atoms with Gasteiger partial charge in [-0.1, -0.05) is 24.3 Å². The first-order chi connectivity index (χ1) is 11.6. The summed E-state index contributed by atoms with van der Waals surface area (Å²) >= 11 is 0. The Labute approximate surface area is 142 Å². The summed E-state index contributed by atoms with van der Waals surface area (Å²) in [6.07, 6.45) is 2.22. The van der Waals surface area contributed by atoms with Crippen molar-refractivity contribution >= 4 is 10.1 Å². The molecule has 0 saturated heterocycles. The number of rotatable bonds is 9. The van der Waals surface area contributed by atoms with Crippen LogP contribution < -0.4 is 8.92 Å². The molecular weight excluding hydrogens is 328 g/mol. The fourth-order valence-electron chi connectivity index (χ4n) is 2.02. The largest absolute Gasteiger partial charge is 0.491 e. The Hall–Kier alpha value is -2.31. The van der Waals surface area contributed by atoms with Crippen LogP contribution in [0.4, 0.5) is 0 Å². The van der Waals surface area contributed by atoms with E-state index in [1.807, 2.05) is 6.07 Å². The van der Waals surface area contributed by atoms with Crippen LogP contribution in [0, 0.1) is 0 Å². The number of ether oxygens (including phenoxy) is 2. The zero-order valence-electron chi connectivity index (χ0n) is 13.5. The van der Waals surface area contributed by atoms with Gasteiger partial charge in [-0.3, -0.25) is 0 Å². The van der Waals surface area contributed by atoms with Crippen molar-refractivity contribution in [2.45, 2.75) is 11.3 Å². The summed E-state index contributed by atoms with van der Waals surface area (Å²) in [6.45, 7) is 4.52. The Kier molecular flexibility index (Phi) is 6.40. The van der Waals surface area contributed by atoms with E-state index in [1.165, 1.54) is 12.1 Å². The van der Waals surface area contributed by atoms with Crippen LogP contribution in [-0.2, 0) is 21.3 Å². The summed E-state index contributed by atoms with van der Waals surface area (Å²) in [7, 11) is -2.33. The van der Waals surface area contributed by atoms with E-state index in [-0.39, 0.29) is 4.90 Å². The van der Waals surface area contributed by atoms with Gasteiger partial charge in [0, 0.05) is 7.11 Å². The molecule has 0 unspecified atom stereocenters. The van der Waals surface area contributed by atoms with Crippen LogP contribution in [0.15, 0.2) is 66.1 Å². The van der Waals surface area contributed by atoms with Gasteiger partial charge >= 0.3 is 10.1 Å². The van der Waals surface area contributed by atoms with Gasteiger partial charge in [0.1, 0.15) is 23.0 Å². The minimum atomic E-state index is -3.91. The topological polar surface area (TPSA) is 61.8 Å². The molecule has 0 amide bonds. The molecule has 0 fully saturated rings. The van der Waals surface area contributed by atoms with Gasteiger partial charge in [0.25, 0.3) is 0 Å². The summed E-state index contributed by atoms with van der Waals surface area (Å²) in [5.41, 5.74) is 0.760. The average molecular weight is 348 g/mol. The SMILES string of the molecule is C=CCc1ccccc1OS(=O)(=O)c1ccc(OCCOC)cc1. The third-order valence-electron chi connectivity index (χ3n) is 3.20. The monoisotopic (exact) mass is 348 g/mol. The highest BCUT2D eigenvalue weighted by Crippen LogP contribution is 2.24. The van der Waals surface area contributed by atoms with E-state index in [2.05, 4.69) is 6.58 Å². The van der Waals surface area contributed by atoms with Gasteiger partial charge in [-0.05, 0) is 42.3 Å². The summed E-state index contributed by atoms with van der Waals surface area (Å²) in [5.74, 6) is 0.871. The smallest absolute Gasteiger partial charge is 0.339 e. The normalized spacial score (nSPS) is 11.0. The predicted molar refractivity (Wildman–Crippen MR) is 92.0 cm³/mol. The van der Waals surface area contributed by atoms with E-state index in [9.17, 15) is 8.42 Å². The van der Waals surface area contributed by atoms with Gasteiger partial charge < -0.3 is 13.7 Å². The molecule has 0 aliphatic rings. The minimum Gasteiger partial charge on any atom is -0.491 e. The summed E-state index contributed by atoms with van der Waals surface area (Å²) < 4.78 is 40.4. The molecule has 2 rings (SSSR count). The van der Waals surface area contributed by atoms with Gasteiger partial charge in [0.05, 0.1) is 6.61 Å². The molecule has 0 aliphatic heterocycles. The molecule has 0 aromatic heterocycles. The number of hydrogen-bond donors (Lipinski definition) is 0. The lowest BCUT2D eigenvalue weighted by Crippen LogP contribution is -2.11. The maximum absolute atomic E-state index is 12.4. The zero-order valence-corrected chi connectivity index (χ0v) is 14.3. The van der Waals surface area contributed by atoms with E-state index in [1.54, 1.807) is 43.5 Å². The lowest BCUT2D eigenvalue weighted by molar-refractivity contribution is 0.146. The molecule has 0 bridgehead atoms. The lowest BCUT2D eigenvalue weighted by Gasteiger charge is -2.11. The maximum Gasteiger partial charge on any atom is 0.339 e. The van der Waals surface area contributed by atoms with Crippen molar-refractivity contribution in [3.8, 4) is 11.5 Å². The van der Waals surface area contributed by atoms with Crippen LogP contribution in [0.2, 0.25) is 0 Å². The maximum atomic E-state index is 12.4. The first-order valence-corrected chi connectivity index (χ1v) is 8.82. The highest BCUT2D eigenvalue weighted by atomic mass is 32.2. The van der Waals surface area contributed by atoms with E-state index in [4.69, 9.17) is 13.7 Å². The van der Waals surface area contributed by atoms with Gasteiger partial charge in [0.15, 0.2) is 0 Å². The van der Waals surface area contributed by atoms with Crippen molar-refractivity contribution in [3.05, 3.63) is 66.7 Å². The predicted octanol–water partition coefficient (Wildman–Crippen LogP) is 3.21. The second-order valence-corrected chi connectivity index (χ2v) is 6.50. The quantitative estimate of drug-likeness (QED) is 0.396. The van der Waals surface area contributed by atoms with E-state index in [0.717, 1.165) is 5.56 Å². The second-order valence-electron chi connectivity index (χ2n) is 4.95. The third-order valence-corrected chi connectivity index (χ3v) is 4.45. The van der Waals surface area contributed by atoms with E-state index >= 15 is 0 Å². The molecule has 6 heteroatoms. The molecule has 0 atom stereocenters. The highest BCUT2D eigenvalue weighted by Gasteiger charge is 2.18. The van der Waals surface area contributed by atoms with E-state index in [0.29, 0.717) is 31.1 Å². The van der Waals surface area contributed by atoms with Gasteiger partial charge in [-0.15, -0.1) is 6.58 Å². The minimum absolute atomic E-state index is 0.0648. The lowest BCUT2D eigenvalue weighted by atomic mass is 10.1. The molecule has 5 nitrogen and oxygen atoms in total. The van der Waals surface area contributed by atoms with Crippen LogP contribution in [0.5, 0.6) is 11.5 Å². The molecule has 0 N–H and O–H groups in total. The first-order valence-electron chi connectivity index (χ1n) is 7.42. The fraction of sp³-hybridized carbons (Fsp3) is 0.222. The highest BCUT2D eigenvalue weighted by molar-refractivity contribution is 7.87. The van der Waals surface area contributed by atoms with Crippen molar-refractivity contribution in [1.82, 2.24) is 0 Å². The Morgan fingerprint density at radius 1 is 1.04 bits per heavy atom. The van der Waals surface area contributed by atoms with Crippen LogP contribution >= 0.6 is 0 Å². The number of benzene rings is 2. The molecule has 0 saturated carbocycles. The third kappa shape index (κ3) is 4.84. The molecule has 0 spiro atoms. The van der Waals surface area contributed by atoms with Crippen molar-refractivity contribution in [3.63, 3.8) is 0 Å². The van der Waals surface area contributed by atoms with Gasteiger partial charge in [0.2, 0.25) is 0 Å². The molecule has 2 aromatic carbocycles. The van der Waals surface area contributed by atoms with Crippen molar-refractivity contribution in [2.75, 3.05) is 20.3 Å². The van der Waals surface area contributed by atoms with Crippen LogP contribution in [0.25, 0.3) is 0 Å². The number of methoxy groups -OCH3 is 1. The molecule has 24 heavy (non-hydrogen) atoms. The van der Waals surface area contributed by atoms with Crippen molar-refractivity contribution in [2.24, 2.45) is 0 Å². The van der Waals surface area contributed by atoms with Crippen LogP contribution in [-0.4, -0.2) is 28.7 Å². The summed E-state index contributed by atoms with van der Waals surface area (Å²) in [4.78, 5) is 0.0648.